The van der Waals surface area contributed by atoms with Gasteiger partial charge in [-0.05, 0) is 6.42 Å². The summed E-state index contributed by atoms with van der Waals surface area (Å²) >= 11 is 0. The zero-order valence-corrected chi connectivity index (χ0v) is 8.66. The van der Waals surface area contributed by atoms with Gasteiger partial charge in [0.05, 0.1) is 0 Å². The van der Waals surface area contributed by atoms with Crippen molar-refractivity contribution in [2.45, 2.75) is 13.3 Å². The first-order valence-electron chi connectivity index (χ1n) is 3.41. The summed E-state index contributed by atoms with van der Waals surface area (Å²) in [6.07, 6.45) is -3.11. The van der Waals surface area contributed by atoms with Crippen molar-refractivity contribution in [3.05, 3.63) is 0 Å². The summed E-state index contributed by atoms with van der Waals surface area (Å²) in [5.41, 5.74) is 0. The Morgan fingerprint density at radius 2 is 1.20 bits per heavy atom. The van der Waals surface area contributed by atoms with Crippen molar-refractivity contribution in [2.24, 2.45) is 0 Å². The van der Waals surface area contributed by atoms with E-state index in [-0.39, 0.29) is 6.16 Å². The Hall–Kier alpha value is -1.31. The second-order valence-electron chi connectivity index (χ2n) is 1.95. The van der Waals surface area contributed by atoms with Gasteiger partial charge >= 0.3 is 19.9 Å². The monoisotopic (exact) mass is 248 g/mol. The minimum atomic E-state index is -3.67. The minimum Gasteiger partial charge on any atom is -0.450 e. The molecule has 0 aliphatic carbocycles. The van der Waals surface area contributed by atoms with Crippen LogP contribution in [-0.4, -0.2) is 48.7 Å². The Morgan fingerprint density at radius 1 is 1.00 bits per heavy atom. The van der Waals surface area contributed by atoms with Crippen LogP contribution in [-0.2, 0) is 4.57 Å². The van der Waals surface area contributed by atoms with E-state index in [0.29, 0.717) is 6.42 Å². The van der Waals surface area contributed by atoms with Crippen molar-refractivity contribution in [1.29, 1.82) is 0 Å². The fourth-order valence-corrected chi connectivity index (χ4v) is 0.874. The van der Waals surface area contributed by atoms with Crippen molar-refractivity contribution in [3.63, 3.8) is 0 Å². The van der Waals surface area contributed by atoms with Crippen LogP contribution in [0, 0.1) is 0 Å². The molecule has 0 unspecified atom stereocenters. The first kappa shape index (κ1) is 19.3. The average molecular weight is 248 g/mol. The molecule has 0 aromatic carbocycles. The van der Waals surface area contributed by atoms with Gasteiger partial charge in [-0.25, -0.2) is 9.59 Å². The molecule has 6 N–H and O–H groups in total. The Kier molecular flexibility index (Phi) is 13.8. The second kappa shape index (κ2) is 10.8. The fourth-order valence-electron chi connectivity index (χ4n) is 0.291. The van der Waals surface area contributed by atoms with Crippen molar-refractivity contribution in [2.75, 3.05) is 6.16 Å². The van der Waals surface area contributed by atoms with E-state index in [0.717, 1.165) is 0 Å². The molecule has 0 aliphatic rings. The maximum Gasteiger partial charge on any atom is 0.503 e. The van der Waals surface area contributed by atoms with Crippen LogP contribution in [0.15, 0.2) is 0 Å². The van der Waals surface area contributed by atoms with Crippen LogP contribution in [0.3, 0.4) is 0 Å². The van der Waals surface area contributed by atoms with E-state index in [1.54, 1.807) is 6.92 Å². The highest BCUT2D eigenvalue weighted by Gasteiger charge is 2.08. The second-order valence-corrected chi connectivity index (χ2v) is 3.73. The molecule has 0 aliphatic heterocycles. The van der Waals surface area contributed by atoms with Crippen molar-refractivity contribution in [3.8, 4) is 0 Å². The predicted molar refractivity (Wildman–Crippen MR) is 48.5 cm³/mol. The first-order chi connectivity index (χ1) is 6.52. The molecule has 0 fully saturated rings. The fraction of sp³-hybridized carbons (Fsp3) is 0.600. The smallest absolute Gasteiger partial charge is 0.450 e. The maximum atomic E-state index is 9.93. The molecule has 0 amide bonds. The Morgan fingerprint density at radius 3 is 1.20 bits per heavy atom. The van der Waals surface area contributed by atoms with Crippen molar-refractivity contribution in [1.82, 2.24) is 0 Å². The lowest BCUT2D eigenvalue weighted by Crippen LogP contribution is -1.82. The van der Waals surface area contributed by atoms with Gasteiger partial charge < -0.3 is 30.2 Å². The summed E-state index contributed by atoms with van der Waals surface area (Å²) in [7, 11) is -3.67. The van der Waals surface area contributed by atoms with E-state index >= 15 is 0 Å². The largest absolute Gasteiger partial charge is 0.503 e. The highest BCUT2D eigenvalue weighted by atomic mass is 31.2. The zero-order valence-electron chi connectivity index (χ0n) is 7.77. The molecule has 9 nitrogen and oxygen atoms in total. The molecule has 15 heavy (non-hydrogen) atoms. The molecule has 0 radical (unpaired) electrons. The van der Waals surface area contributed by atoms with Crippen molar-refractivity contribution < 1.29 is 44.4 Å². The van der Waals surface area contributed by atoms with Crippen LogP contribution < -0.4 is 0 Å². The molecule has 0 saturated heterocycles. The third-order valence-electron chi connectivity index (χ3n) is 0.515. The van der Waals surface area contributed by atoms with Gasteiger partial charge in [-0.15, -0.1) is 0 Å². The number of carboxylic acid groups (broad SMARTS) is 4. The lowest BCUT2D eigenvalue weighted by atomic mass is 10.6. The average Bonchev–Trinajstić information content (AvgIpc) is 1.79. The van der Waals surface area contributed by atoms with Gasteiger partial charge in [0.25, 0.3) is 0 Å². The van der Waals surface area contributed by atoms with Crippen LogP contribution >= 0.6 is 7.60 Å². The summed E-state index contributed by atoms with van der Waals surface area (Å²) in [5, 5.41) is 27.9. The SMILES string of the molecule is CCCP(=O)(O)O.O=C(O)O.O=C(O)O. The van der Waals surface area contributed by atoms with Gasteiger partial charge in [0.1, 0.15) is 0 Å². The number of carbonyl (C=O) groups is 2. The lowest BCUT2D eigenvalue weighted by Gasteiger charge is -1.96. The molecule has 0 bridgehead atoms. The van der Waals surface area contributed by atoms with E-state index in [4.69, 9.17) is 39.8 Å². The van der Waals surface area contributed by atoms with Gasteiger partial charge in [-0.3, -0.25) is 4.57 Å². The maximum absolute atomic E-state index is 9.93. The van der Waals surface area contributed by atoms with Crippen LogP contribution in [0.2, 0.25) is 0 Å². The van der Waals surface area contributed by atoms with Gasteiger partial charge in [0.2, 0.25) is 0 Å². The predicted octanol–water partition coefficient (Wildman–Crippen LogP) is 1.02. The summed E-state index contributed by atoms with van der Waals surface area (Å²) < 4.78 is 9.93. The molecular weight excluding hydrogens is 235 g/mol. The summed E-state index contributed by atoms with van der Waals surface area (Å²) in [6, 6.07) is 0. The normalized spacial score (nSPS) is 8.73. The van der Waals surface area contributed by atoms with E-state index in [1.807, 2.05) is 0 Å². The Balaban J connectivity index is -0.000000155. The molecule has 0 saturated carbocycles. The molecule has 0 atom stereocenters. The van der Waals surface area contributed by atoms with Crippen molar-refractivity contribution >= 4 is 19.9 Å². The minimum absolute atomic E-state index is 0.00694. The molecular formula is C5H13O9P. The molecule has 10 heteroatoms. The van der Waals surface area contributed by atoms with E-state index in [9.17, 15) is 4.57 Å². The number of hydrogen-bond acceptors (Lipinski definition) is 3. The standard InChI is InChI=1S/C3H9O3P.2CH2O3/c1-2-3-7(4,5)6;2*2-1(3)4/h2-3H2,1H3,(H2,4,5,6);2*(H2,2,3,4). The number of rotatable bonds is 2. The molecule has 0 aromatic heterocycles. The third kappa shape index (κ3) is 200. The van der Waals surface area contributed by atoms with Gasteiger partial charge in [-0.1, -0.05) is 6.92 Å². The molecule has 0 aromatic rings. The summed E-state index contributed by atoms with van der Waals surface area (Å²) in [4.78, 5) is 33.4. The van der Waals surface area contributed by atoms with E-state index in [1.165, 1.54) is 0 Å². The van der Waals surface area contributed by atoms with E-state index < -0.39 is 19.9 Å². The topological polar surface area (TPSA) is 173 Å². The van der Waals surface area contributed by atoms with Crippen LogP contribution in [0.4, 0.5) is 9.59 Å². The number of hydrogen-bond donors (Lipinski definition) is 6. The van der Waals surface area contributed by atoms with Crippen LogP contribution in [0.1, 0.15) is 13.3 Å². The zero-order chi connectivity index (χ0) is 13.1. The molecule has 0 heterocycles. The van der Waals surface area contributed by atoms with Crippen LogP contribution in [0.5, 0.6) is 0 Å². The first-order valence-corrected chi connectivity index (χ1v) is 5.21. The van der Waals surface area contributed by atoms with Crippen LogP contribution in [0.25, 0.3) is 0 Å². The lowest BCUT2D eigenvalue weighted by molar-refractivity contribution is 0.135. The molecule has 92 valence electrons. The summed E-state index contributed by atoms with van der Waals surface area (Å²) in [5.74, 6) is 0. The Labute approximate surface area is 84.8 Å². The van der Waals surface area contributed by atoms with Gasteiger partial charge in [0, 0.05) is 6.16 Å². The third-order valence-corrected chi connectivity index (χ3v) is 1.54. The van der Waals surface area contributed by atoms with E-state index in [2.05, 4.69) is 0 Å². The van der Waals surface area contributed by atoms with Gasteiger partial charge in [-0.2, -0.15) is 0 Å². The molecule has 0 rings (SSSR count). The highest BCUT2D eigenvalue weighted by molar-refractivity contribution is 7.51. The quantitative estimate of drug-likeness (QED) is 0.390. The highest BCUT2D eigenvalue weighted by Crippen LogP contribution is 2.34. The molecule has 0 spiro atoms. The summed E-state index contributed by atoms with van der Waals surface area (Å²) in [6.45, 7) is 1.74. The van der Waals surface area contributed by atoms with Gasteiger partial charge in [0.15, 0.2) is 0 Å². The Bertz CT molecular complexity index is 199.